The van der Waals surface area contributed by atoms with E-state index in [1.807, 2.05) is 78.9 Å². The van der Waals surface area contributed by atoms with Gasteiger partial charge in [-0.2, -0.15) is 0 Å². The highest BCUT2D eigenvalue weighted by molar-refractivity contribution is 5.40. The van der Waals surface area contributed by atoms with Crippen LogP contribution in [0.4, 0.5) is 0 Å². The molecule has 2 nitrogen and oxygen atoms in total. The van der Waals surface area contributed by atoms with Crippen LogP contribution < -0.4 is 10.4 Å². The first-order chi connectivity index (χ1) is 14.2. The number of likely N-dealkylation sites (tertiary alicyclic amines) is 1. The Morgan fingerprint density at radius 3 is 2.07 bits per heavy atom. The van der Waals surface area contributed by atoms with E-state index < -0.39 is 5.60 Å². The second-order valence-corrected chi connectivity index (χ2v) is 7.60. The summed E-state index contributed by atoms with van der Waals surface area (Å²) in [4.78, 5) is 2.28. The Labute approximate surface area is 172 Å². The number of aliphatic hydroxyl groups is 1. The Balaban J connectivity index is 1.71. The van der Waals surface area contributed by atoms with Gasteiger partial charge in [0.25, 0.3) is 0 Å². The van der Waals surface area contributed by atoms with Crippen LogP contribution in [0.2, 0.25) is 0 Å². The molecule has 1 aliphatic rings. The van der Waals surface area contributed by atoms with Crippen molar-refractivity contribution in [1.82, 2.24) is 4.90 Å². The van der Waals surface area contributed by atoms with Gasteiger partial charge in [-0.15, -0.1) is 0 Å². The van der Waals surface area contributed by atoms with Gasteiger partial charge >= 0.3 is 0 Å². The van der Waals surface area contributed by atoms with Crippen molar-refractivity contribution in [2.45, 2.75) is 24.5 Å². The van der Waals surface area contributed by atoms with E-state index >= 15 is 0 Å². The summed E-state index contributed by atoms with van der Waals surface area (Å²) in [7, 11) is 0. The van der Waals surface area contributed by atoms with Crippen LogP contribution in [0.5, 0.6) is 0 Å². The quantitative estimate of drug-likeness (QED) is 0.727. The molecule has 4 rings (SSSR count). The minimum absolute atomic E-state index is 0.0213. The topological polar surface area (TPSA) is 23.5 Å². The highest BCUT2D eigenvalue weighted by Gasteiger charge is 2.44. The number of hydrogen-bond donors (Lipinski definition) is 1. The molecule has 0 radical (unpaired) electrons. The first-order valence-electron chi connectivity index (χ1n) is 10.2. The summed E-state index contributed by atoms with van der Waals surface area (Å²) in [5.41, 5.74) is 0.806. The summed E-state index contributed by atoms with van der Waals surface area (Å²) in [6.07, 6.45) is 8.26. The molecule has 0 unspecified atom stereocenters. The van der Waals surface area contributed by atoms with Crippen LogP contribution >= 0.6 is 0 Å². The number of allylic oxidation sites excluding steroid dienone is 1. The van der Waals surface area contributed by atoms with Gasteiger partial charge in [0.05, 0.1) is 6.04 Å². The molecule has 1 N–H and O–H groups in total. The van der Waals surface area contributed by atoms with Gasteiger partial charge in [-0.1, -0.05) is 97.6 Å². The Morgan fingerprint density at radius 2 is 1.45 bits per heavy atom. The fourth-order valence-corrected chi connectivity index (χ4v) is 4.31. The highest BCUT2D eigenvalue weighted by atomic mass is 16.3. The molecular formula is C27H27NO. The molecule has 1 fully saturated rings. The first kappa shape index (κ1) is 19.2. The van der Waals surface area contributed by atoms with E-state index in [1.54, 1.807) is 0 Å². The number of nitrogens with zero attached hydrogens (tertiary/aromatic N) is 1. The summed E-state index contributed by atoms with van der Waals surface area (Å²) in [6, 6.07) is 28.2. The van der Waals surface area contributed by atoms with E-state index in [9.17, 15) is 5.11 Å². The lowest BCUT2D eigenvalue weighted by Crippen LogP contribution is -2.46. The van der Waals surface area contributed by atoms with Crippen molar-refractivity contribution in [3.63, 3.8) is 0 Å². The molecule has 1 saturated heterocycles. The first-order valence-corrected chi connectivity index (χ1v) is 10.2. The lowest BCUT2D eigenvalue weighted by Gasteiger charge is -2.39. The minimum atomic E-state index is -1.06. The maximum Gasteiger partial charge on any atom is 0.135 e. The fourth-order valence-electron chi connectivity index (χ4n) is 4.31. The van der Waals surface area contributed by atoms with Crippen LogP contribution in [0.1, 0.15) is 24.0 Å². The molecular weight excluding hydrogens is 354 g/mol. The summed E-state index contributed by atoms with van der Waals surface area (Å²) in [5, 5.41) is 14.2. The molecule has 1 aliphatic heterocycles. The normalized spacial score (nSPS) is 17.9. The predicted octanol–water partition coefficient (Wildman–Crippen LogP) is 3.79. The SMILES string of the molecule is C=c1cccc/c1=C/C=C/N1CCC[C@H]1C(O)(c1ccccc1)c1ccccc1. The molecule has 0 aromatic heterocycles. The van der Waals surface area contributed by atoms with Crippen molar-refractivity contribution in [2.24, 2.45) is 0 Å². The van der Waals surface area contributed by atoms with Crippen LogP contribution in [0.25, 0.3) is 12.7 Å². The van der Waals surface area contributed by atoms with Crippen LogP contribution in [0, 0.1) is 0 Å². The monoisotopic (exact) mass is 381 g/mol. The van der Waals surface area contributed by atoms with Gasteiger partial charge in [0.15, 0.2) is 0 Å². The molecule has 0 spiro atoms. The van der Waals surface area contributed by atoms with E-state index in [-0.39, 0.29) is 6.04 Å². The van der Waals surface area contributed by atoms with Crippen molar-refractivity contribution in [3.05, 3.63) is 119 Å². The summed E-state index contributed by atoms with van der Waals surface area (Å²) < 4.78 is 0. The van der Waals surface area contributed by atoms with E-state index in [1.165, 1.54) is 0 Å². The zero-order chi connectivity index (χ0) is 20.1. The molecule has 0 saturated carbocycles. The smallest absolute Gasteiger partial charge is 0.135 e. The van der Waals surface area contributed by atoms with E-state index in [4.69, 9.17) is 0 Å². The Morgan fingerprint density at radius 1 is 0.862 bits per heavy atom. The van der Waals surface area contributed by atoms with Gasteiger partial charge in [0, 0.05) is 6.54 Å². The fraction of sp³-hybridized carbons (Fsp3) is 0.185. The highest BCUT2D eigenvalue weighted by Crippen LogP contribution is 2.40. The second-order valence-electron chi connectivity index (χ2n) is 7.60. The third-order valence-corrected chi connectivity index (χ3v) is 5.81. The third kappa shape index (κ3) is 3.90. The number of hydrogen-bond acceptors (Lipinski definition) is 2. The van der Waals surface area contributed by atoms with Crippen LogP contribution in [-0.2, 0) is 5.60 Å². The molecule has 0 amide bonds. The van der Waals surface area contributed by atoms with Crippen molar-refractivity contribution < 1.29 is 5.11 Å². The van der Waals surface area contributed by atoms with E-state index in [0.717, 1.165) is 41.0 Å². The van der Waals surface area contributed by atoms with Gasteiger partial charge in [-0.3, -0.25) is 0 Å². The standard InChI is InChI=1S/C27H27NO/c1-22-12-8-9-13-23(22)14-10-20-28-21-11-19-26(28)27(29,24-15-4-2-5-16-24)25-17-6-3-7-18-25/h2-10,12-18,20,26,29H,1,11,19,21H2/b20-10+,23-14-/t26-/m0/s1. The van der Waals surface area contributed by atoms with Crippen molar-refractivity contribution in [1.29, 1.82) is 0 Å². The molecule has 146 valence electrons. The Bertz CT molecular complexity index is 1030. The molecule has 0 bridgehead atoms. The predicted molar refractivity (Wildman–Crippen MR) is 120 cm³/mol. The van der Waals surface area contributed by atoms with Gasteiger partial charge in [-0.25, -0.2) is 0 Å². The molecule has 1 heterocycles. The molecule has 3 aromatic rings. The largest absolute Gasteiger partial charge is 0.378 e. The maximum absolute atomic E-state index is 12.1. The lowest BCUT2D eigenvalue weighted by atomic mass is 9.79. The Kier molecular flexibility index (Phi) is 5.64. The average molecular weight is 382 g/mol. The van der Waals surface area contributed by atoms with Gasteiger partial charge in [0.2, 0.25) is 0 Å². The zero-order valence-electron chi connectivity index (χ0n) is 16.6. The van der Waals surface area contributed by atoms with Gasteiger partial charge in [0.1, 0.15) is 5.60 Å². The van der Waals surface area contributed by atoms with Crippen LogP contribution in [-0.4, -0.2) is 22.6 Å². The second kappa shape index (κ2) is 8.50. The zero-order valence-corrected chi connectivity index (χ0v) is 16.6. The maximum atomic E-state index is 12.1. The van der Waals surface area contributed by atoms with E-state index in [0.29, 0.717) is 0 Å². The number of benzene rings is 3. The average Bonchev–Trinajstić information content (AvgIpc) is 3.25. The van der Waals surface area contributed by atoms with E-state index in [2.05, 4.69) is 35.9 Å². The summed E-state index contributed by atoms with van der Waals surface area (Å²) >= 11 is 0. The summed E-state index contributed by atoms with van der Waals surface area (Å²) in [5.74, 6) is 0. The van der Waals surface area contributed by atoms with Crippen molar-refractivity contribution >= 4 is 12.7 Å². The molecule has 3 aromatic carbocycles. The van der Waals surface area contributed by atoms with Crippen molar-refractivity contribution in [3.8, 4) is 0 Å². The minimum Gasteiger partial charge on any atom is -0.378 e. The molecule has 0 aliphatic carbocycles. The summed E-state index contributed by atoms with van der Waals surface area (Å²) in [6.45, 7) is 5.02. The molecule has 2 heteroatoms. The third-order valence-electron chi connectivity index (χ3n) is 5.81. The lowest BCUT2D eigenvalue weighted by molar-refractivity contribution is 0.0110. The molecule has 1 atom stereocenters. The van der Waals surface area contributed by atoms with Gasteiger partial charge in [-0.05, 0) is 46.7 Å². The van der Waals surface area contributed by atoms with Gasteiger partial charge < -0.3 is 10.0 Å². The number of rotatable bonds is 5. The van der Waals surface area contributed by atoms with Crippen molar-refractivity contribution in [2.75, 3.05) is 6.54 Å². The molecule has 29 heavy (non-hydrogen) atoms. The Hall–Kier alpha value is -3.10. The van der Waals surface area contributed by atoms with Crippen LogP contribution in [0.15, 0.2) is 97.2 Å². The van der Waals surface area contributed by atoms with Crippen LogP contribution in [0.3, 0.4) is 0 Å².